The van der Waals surface area contributed by atoms with Crippen molar-refractivity contribution in [3.05, 3.63) is 33.4 Å². The molecule has 114 valence electrons. The van der Waals surface area contributed by atoms with E-state index in [2.05, 4.69) is 46.9 Å². The van der Waals surface area contributed by atoms with Gasteiger partial charge in [0.15, 0.2) is 0 Å². The molecule has 4 saturated carbocycles. The molecule has 2 heteroatoms. The molecule has 4 fully saturated rings. The van der Waals surface area contributed by atoms with Crippen molar-refractivity contribution in [1.29, 1.82) is 0 Å². The predicted octanol–water partition coefficient (Wildman–Crippen LogP) is 4.77. The Labute approximate surface area is 142 Å². The lowest BCUT2D eigenvalue weighted by Gasteiger charge is -2.57. The minimum Gasteiger partial charge on any atom is -0.327 e. The van der Waals surface area contributed by atoms with Crippen LogP contribution in [0.3, 0.4) is 0 Å². The van der Waals surface area contributed by atoms with Crippen molar-refractivity contribution in [3.63, 3.8) is 0 Å². The third-order valence-electron chi connectivity index (χ3n) is 6.27. The van der Waals surface area contributed by atoms with Crippen molar-refractivity contribution < 1.29 is 0 Å². The van der Waals surface area contributed by atoms with Crippen molar-refractivity contribution >= 4 is 22.6 Å². The molecule has 1 aromatic carbocycles. The zero-order chi connectivity index (χ0) is 14.4. The van der Waals surface area contributed by atoms with Gasteiger partial charge in [-0.1, -0.05) is 12.1 Å². The SMILES string of the molecule is NC(Cc1ccc(I)cc1)CC12CC3CC(CC(C3)C1)C2. The Kier molecular flexibility index (Phi) is 3.81. The molecule has 1 aromatic rings. The summed E-state index contributed by atoms with van der Waals surface area (Å²) in [6.45, 7) is 0. The smallest absolute Gasteiger partial charge is 0.0130 e. The van der Waals surface area contributed by atoms with Crippen LogP contribution < -0.4 is 5.73 Å². The maximum absolute atomic E-state index is 6.56. The van der Waals surface area contributed by atoms with E-state index in [9.17, 15) is 0 Å². The fraction of sp³-hybridized carbons (Fsp3) is 0.684. The summed E-state index contributed by atoms with van der Waals surface area (Å²) >= 11 is 2.37. The van der Waals surface area contributed by atoms with Crippen LogP contribution in [0.1, 0.15) is 50.5 Å². The summed E-state index contributed by atoms with van der Waals surface area (Å²) in [5, 5.41) is 0. The van der Waals surface area contributed by atoms with Crippen molar-refractivity contribution in [2.24, 2.45) is 28.9 Å². The fourth-order valence-corrected chi connectivity index (χ4v) is 6.45. The monoisotopic (exact) mass is 395 g/mol. The van der Waals surface area contributed by atoms with E-state index >= 15 is 0 Å². The van der Waals surface area contributed by atoms with Crippen LogP contribution in [0.15, 0.2) is 24.3 Å². The van der Waals surface area contributed by atoms with E-state index in [1.54, 1.807) is 0 Å². The van der Waals surface area contributed by atoms with Crippen LogP contribution in [0.4, 0.5) is 0 Å². The lowest BCUT2D eigenvalue weighted by molar-refractivity contribution is -0.0602. The zero-order valence-electron chi connectivity index (χ0n) is 12.7. The van der Waals surface area contributed by atoms with Gasteiger partial charge >= 0.3 is 0 Å². The van der Waals surface area contributed by atoms with Gasteiger partial charge in [0, 0.05) is 9.61 Å². The molecule has 1 unspecified atom stereocenters. The molecular formula is C19H26IN. The van der Waals surface area contributed by atoms with Gasteiger partial charge < -0.3 is 5.73 Å². The largest absolute Gasteiger partial charge is 0.327 e. The van der Waals surface area contributed by atoms with Crippen LogP contribution in [-0.4, -0.2) is 6.04 Å². The Morgan fingerprint density at radius 1 is 1.00 bits per heavy atom. The van der Waals surface area contributed by atoms with Gasteiger partial charge in [-0.05, 0) is 115 Å². The second-order valence-electron chi connectivity index (χ2n) is 8.21. The molecule has 0 spiro atoms. The highest BCUT2D eigenvalue weighted by molar-refractivity contribution is 14.1. The summed E-state index contributed by atoms with van der Waals surface area (Å²) in [6, 6.07) is 9.25. The molecule has 2 N–H and O–H groups in total. The van der Waals surface area contributed by atoms with E-state index in [1.807, 2.05) is 0 Å². The highest BCUT2D eigenvalue weighted by Gasteiger charge is 2.50. The molecule has 21 heavy (non-hydrogen) atoms. The normalized spacial score (nSPS) is 38.7. The number of nitrogens with two attached hydrogens (primary N) is 1. The molecule has 0 amide bonds. The van der Waals surface area contributed by atoms with Crippen LogP contribution >= 0.6 is 22.6 Å². The van der Waals surface area contributed by atoms with Gasteiger partial charge in [-0.25, -0.2) is 0 Å². The fourth-order valence-electron chi connectivity index (χ4n) is 6.09. The highest BCUT2D eigenvalue weighted by Crippen LogP contribution is 2.61. The van der Waals surface area contributed by atoms with Crippen molar-refractivity contribution in [1.82, 2.24) is 0 Å². The standard InChI is InChI=1S/C19H26IN/c20-17-3-1-13(2-4-17)8-18(21)12-19-9-14-5-15(10-19)7-16(6-14)11-19/h1-4,14-16,18H,5-12,21H2. The Bertz CT molecular complexity index is 472. The van der Waals surface area contributed by atoms with Gasteiger partial charge in [-0.2, -0.15) is 0 Å². The van der Waals surface area contributed by atoms with Crippen LogP contribution in [0.25, 0.3) is 0 Å². The third kappa shape index (κ3) is 3.03. The molecule has 0 aliphatic heterocycles. The first kappa shape index (κ1) is 14.5. The number of benzene rings is 1. The molecule has 1 atom stereocenters. The van der Waals surface area contributed by atoms with Crippen LogP contribution in [0, 0.1) is 26.7 Å². The summed E-state index contributed by atoms with van der Waals surface area (Å²) in [4.78, 5) is 0. The summed E-state index contributed by atoms with van der Waals surface area (Å²) in [7, 11) is 0. The van der Waals surface area contributed by atoms with Crippen LogP contribution in [0.2, 0.25) is 0 Å². The van der Waals surface area contributed by atoms with E-state index in [1.165, 1.54) is 54.1 Å². The molecule has 1 nitrogen and oxygen atoms in total. The molecule has 0 aromatic heterocycles. The maximum Gasteiger partial charge on any atom is 0.0130 e. The Hall–Kier alpha value is -0.0900. The first-order valence-corrected chi connectivity index (χ1v) is 9.68. The lowest BCUT2D eigenvalue weighted by atomic mass is 9.48. The van der Waals surface area contributed by atoms with Gasteiger partial charge in [0.1, 0.15) is 0 Å². The first-order valence-electron chi connectivity index (χ1n) is 8.60. The molecule has 4 aliphatic rings. The van der Waals surface area contributed by atoms with E-state index in [-0.39, 0.29) is 0 Å². The number of hydrogen-bond donors (Lipinski definition) is 1. The topological polar surface area (TPSA) is 26.0 Å². The predicted molar refractivity (Wildman–Crippen MR) is 96.1 cm³/mol. The highest BCUT2D eigenvalue weighted by atomic mass is 127. The van der Waals surface area contributed by atoms with Crippen molar-refractivity contribution in [2.75, 3.05) is 0 Å². The van der Waals surface area contributed by atoms with Crippen LogP contribution in [-0.2, 0) is 6.42 Å². The van der Waals surface area contributed by atoms with Gasteiger partial charge in [0.25, 0.3) is 0 Å². The van der Waals surface area contributed by atoms with Gasteiger partial charge in [-0.3, -0.25) is 0 Å². The quantitative estimate of drug-likeness (QED) is 0.731. The summed E-state index contributed by atoms with van der Waals surface area (Å²) in [6.07, 6.45) is 11.4. The zero-order valence-corrected chi connectivity index (χ0v) is 14.9. The summed E-state index contributed by atoms with van der Waals surface area (Å²) in [5.41, 5.74) is 8.60. The van der Waals surface area contributed by atoms with Crippen molar-refractivity contribution in [2.45, 2.75) is 57.4 Å². The molecular weight excluding hydrogens is 369 g/mol. The van der Waals surface area contributed by atoms with Gasteiger partial charge in [0.05, 0.1) is 0 Å². The van der Waals surface area contributed by atoms with E-state index in [0.29, 0.717) is 11.5 Å². The average Bonchev–Trinajstić information content (AvgIpc) is 2.39. The maximum atomic E-state index is 6.56. The Balaban J connectivity index is 1.42. The average molecular weight is 395 g/mol. The number of rotatable bonds is 4. The van der Waals surface area contributed by atoms with Gasteiger partial charge in [-0.15, -0.1) is 0 Å². The Morgan fingerprint density at radius 2 is 1.52 bits per heavy atom. The van der Waals surface area contributed by atoms with Crippen LogP contribution in [0.5, 0.6) is 0 Å². The van der Waals surface area contributed by atoms with Crippen molar-refractivity contribution in [3.8, 4) is 0 Å². The molecule has 4 bridgehead atoms. The minimum absolute atomic E-state index is 0.348. The van der Waals surface area contributed by atoms with Gasteiger partial charge in [0.2, 0.25) is 0 Å². The second-order valence-corrected chi connectivity index (χ2v) is 9.46. The Morgan fingerprint density at radius 3 is 2.05 bits per heavy atom. The second kappa shape index (κ2) is 5.52. The first-order chi connectivity index (χ1) is 10.1. The van der Waals surface area contributed by atoms with E-state index < -0.39 is 0 Å². The van der Waals surface area contributed by atoms with E-state index in [4.69, 9.17) is 5.73 Å². The molecule has 0 radical (unpaired) electrons. The number of hydrogen-bond acceptors (Lipinski definition) is 1. The van der Waals surface area contributed by atoms with E-state index in [0.717, 1.165) is 24.2 Å². The number of halogens is 1. The minimum atomic E-state index is 0.348. The molecule has 0 heterocycles. The lowest BCUT2D eigenvalue weighted by Crippen LogP contribution is -2.48. The molecule has 0 saturated heterocycles. The summed E-state index contributed by atoms with van der Waals surface area (Å²) < 4.78 is 1.31. The summed E-state index contributed by atoms with van der Waals surface area (Å²) in [5.74, 6) is 3.13. The molecule has 5 rings (SSSR count). The molecule has 4 aliphatic carbocycles. The third-order valence-corrected chi connectivity index (χ3v) is 6.99.